The van der Waals surface area contributed by atoms with Gasteiger partial charge >= 0.3 is 0 Å². The van der Waals surface area contributed by atoms with E-state index in [4.69, 9.17) is 22.3 Å². The van der Waals surface area contributed by atoms with E-state index in [-0.39, 0.29) is 23.7 Å². The van der Waals surface area contributed by atoms with Crippen LogP contribution in [0, 0.1) is 16.7 Å². The second-order valence-electron chi connectivity index (χ2n) is 8.87. The lowest BCUT2D eigenvalue weighted by atomic mass is 9.95. The number of allylic oxidation sites excluding steroid dienone is 9. The third-order valence-electron chi connectivity index (χ3n) is 6.11. The zero-order valence-electron chi connectivity index (χ0n) is 22.8. The van der Waals surface area contributed by atoms with Gasteiger partial charge in [-0.05, 0) is 56.4 Å². The molecule has 2 rings (SSSR count). The van der Waals surface area contributed by atoms with Crippen molar-refractivity contribution in [2.45, 2.75) is 45.7 Å². The summed E-state index contributed by atoms with van der Waals surface area (Å²) >= 11 is 0. The van der Waals surface area contributed by atoms with Gasteiger partial charge < -0.3 is 21.7 Å². The number of nitrogens with one attached hydrogen (secondary N) is 3. The Morgan fingerprint density at radius 2 is 1.89 bits per heavy atom. The molecule has 38 heavy (non-hydrogen) atoms. The first kappa shape index (κ1) is 32.1. The molecule has 1 fully saturated rings. The minimum atomic E-state index is -0.359. The third kappa shape index (κ3) is 11.0. The Kier molecular flexibility index (Phi) is 15.4. The Balaban J connectivity index is 0.000000554. The fourth-order valence-electron chi connectivity index (χ4n) is 4.05. The SMILES string of the molecule is C=C/C(=C\C=C/C)CCCN.C=C/C=C(\C=C/C)C1CC(C(=O)NCc2ccc(C(=N)N)cc2)N(C=N)C1. The van der Waals surface area contributed by atoms with E-state index in [2.05, 4.69) is 24.6 Å². The monoisotopic (exact) mass is 516 g/mol. The zero-order chi connectivity index (χ0) is 28.3. The predicted octanol–water partition coefficient (Wildman–Crippen LogP) is 4.99. The van der Waals surface area contributed by atoms with Crippen LogP contribution in [-0.4, -0.2) is 42.1 Å². The molecule has 1 heterocycles. The molecular weight excluding hydrogens is 472 g/mol. The van der Waals surface area contributed by atoms with Crippen LogP contribution in [0.3, 0.4) is 0 Å². The Bertz CT molecular complexity index is 1050. The van der Waals surface area contributed by atoms with Crippen molar-refractivity contribution in [3.63, 3.8) is 0 Å². The summed E-state index contributed by atoms with van der Waals surface area (Å²) in [6.45, 7) is 13.2. The van der Waals surface area contributed by atoms with Crippen LogP contribution < -0.4 is 16.8 Å². The summed E-state index contributed by atoms with van der Waals surface area (Å²) in [6.07, 6.45) is 19.7. The van der Waals surface area contributed by atoms with E-state index in [1.165, 1.54) is 11.9 Å². The van der Waals surface area contributed by atoms with E-state index in [0.29, 0.717) is 25.1 Å². The first-order valence-corrected chi connectivity index (χ1v) is 12.9. The Labute approximate surface area is 228 Å². The molecule has 1 amide bonds. The molecule has 0 radical (unpaired) electrons. The van der Waals surface area contributed by atoms with Gasteiger partial charge in [-0.2, -0.15) is 0 Å². The smallest absolute Gasteiger partial charge is 0.243 e. The molecule has 2 atom stereocenters. The van der Waals surface area contributed by atoms with Gasteiger partial charge in [0.1, 0.15) is 11.9 Å². The predicted molar refractivity (Wildman–Crippen MR) is 161 cm³/mol. The van der Waals surface area contributed by atoms with Crippen molar-refractivity contribution in [2.24, 2.45) is 17.4 Å². The molecule has 1 aliphatic rings. The third-order valence-corrected chi connectivity index (χ3v) is 6.11. The van der Waals surface area contributed by atoms with Crippen molar-refractivity contribution in [3.05, 3.63) is 108 Å². The van der Waals surface area contributed by atoms with Crippen LogP contribution in [-0.2, 0) is 11.3 Å². The maximum Gasteiger partial charge on any atom is 0.243 e. The van der Waals surface area contributed by atoms with Gasteiger partial charge in [0, 0.05) is 24.6 Å². The molecule has 2 unspecified atom stereocenters. The molecule has 0 spiro atoms. The molecule has 0 aliphatic carbocycles. The minimum Gasteiger partial charge on any atom is -0.384 e. The topological polar surface area (TPSA) is 132 Å². The fraction of sp³-hybridized carbons (Fsp3) is 0.323. The number of carbonyl (C=O) groups is 1. The first-order chi connectivity index (χ1) is 18.3. The number of amidine groups is 1. The zero-order valence-corrected chi connectivity index (χ0v) is 22.8. The number of benzene rings is 1. The summed E-state index contributed by atoms with van der Waals surface area (Å²) in [5.74, 6) is 0.121. The maximum absolute atomic E-state index is 12.7. The molecule has 0 bridgehead atoms. The van der Waals surface area contributed by atoms with Crippen LogP contribution in [0.5, 0.6) is 0 Å². The number of rotatable bonds is 13. The number of nitrogen functional groups attached to an aromatic ring is 1. The van der Waals surface area contributed by atoms with E-state index >= 15 is 0 Å². The number of hydrogen-bond acceptors (Lipinski definition) is 4. The summed E-state index contributed by atoms with van der Waals surface area (Å²) in [5.41, 5.74) is 14.8. The molecule has 1 saturated heterocycles. The number of nitrogens with two attached hydrogens (primary N) is 2. The Hall–Kier alpha value is -3.97. The van der Waals surface area contributed by atoms with Gasteiger partial charge in [0.2, 0.25) is 5.91 Å². The van der Waals surface area contributed by atoms with Crippen molar-refractivity contribution in [1.82, 2.24) is 10.2 Å². The highest BCUT2D eigenvalue weighted by Crippen LogP contribution is 2.29. The summed E-state index contributed by atoms with van der Waals surface area (Å²) in [7, 11) is 0. The minimum absolute atomic E-state index is 0.0220. The van der Waals surface area contributed by atoms with E-state index in [1.807, 2.05) is 62.4 Å². The highest BCUT2D eigenvalue weighted by Gasteiger charge is 2.36. The van der Waals surface area contributed by atoms with Crippen molar-refractivity contribution >= 4 is 18.1 Å². The molecule has 204 valence electrons. The molecule has 0 saturated carbocycles. The van der Waals surface area contributed by atoms with Crippen LogP contribution in [0.25, 0.3) is 0 Å². The molecule has 0 aromatic heterocycles. The lowest BCUT2D eigenvalue weighted by Crippen LogP contribution is -2.42. The van der Waals surface area contributed by atoms with Crippen LogP contribution in [0.2, 0.25) is 0 Å². The highest BCUT2D eigenvalue weighted by atomic mass is 16.2. The number of hydrogen-bond donors (Lipinski definition) is 5. The number of amides is 1. The van der Waals surface area contributed by atoms with Crippen molar-refractivity contribution in [1.29, 1.82) is 10.8 Å². The fourth-order valence-corrected chi connectivity index (χ4v) is 4.05. The van der Waals surface area contributed by atoms with Crippen LogP contribution >= 0.6 is 0 Å². The van der Waals surface area contributed by atoms with E-state index in [9.17, 15) is 4.79 Å². The van der Waals surface area contributed by atoms with Crippen molar-refractivity contribution < 1.29 is 4.79 Å². The molecular formula is C31H44N6O. The van der Waals surface area contributed by atoms with Crippen LogP contribution in [0.1, 0.15) is 44.2 Å². The number of carbonyl (C=O) groups excluding carboxylic acids is 1. The van der Waals surface area contributed by atoms with Gasteiger partial charge in [0.25, 0.3) is 0 Å². The second kappa shape index (κ2) is 18.3. The van der Waals surface area contributed by atoms with Gasteiger partial charge in [-0.1, -0.05) is 86.0 Å². The largest absolute Gasteiger partial charge is 0.384 e. The number of likely N-dealkylation sites (tertiary alicyclic amines) is 1. The molecule has 7 N–H and O–H groups in total. The van der Waals surface area contributed by atoms with Crippen molar-refractivity contribution in [2.75, 3.05) is 13.1 Å². The van der Waals surface area contributed by atoms with E-state index in [1.54, 1.807) is 23.1 Å². The highest BCUT2D eigenvalue weighted by molar-refractivity contribution is 5.94. The number of nitrogens with zero attached hydrogens (tertiary/aromatic N) is 1. The average Bonchev–Trinajstić information content (AvgIpc) is 3.37. The normalized spacial score (nSPS) is 17.7. The van der Waals surface area contributed by atoms with Crippen molar-refractivity contribution in [3.8, 4) is 0 Å². The first-order valence-electron chi connectivity index (χ1n) is 12.9. The van der Waals surface area contributed by atoms with Gasteiger partial charge in [-0.25, -0.2) is 0 Å². The second-order valence-corrected chi connectivity index (χ2v) is 8.87. The quantitative estimate of drug-likeness (QED) is 0.144. The molecule has 1 aromatic rings. The maximum atomic E-state index is 12.7. The summed E-state index contributed by atoms with van der Waals surface area (Å²) in [4.78, 5) is 14.5. The summed E-state index contributed by atoms with van der Waals surface area (Å²) in [6, 6.07) is 6.87. The lowest BCUT2D eigenvalue weighted by molar-refractivity contribution is -0.124. The van der Waals surface area contributed by atoms with Crippen LogP contribution in [0.4, 0.5) is 0 Å². The molecule has 1 aromatic carbocycles. The standard InChI is InChI=1S/C21H27N5O.C10H17N/c1-3-5-16(6-4-2)18-11-19(26(13-18)14-22)21(27)25-12-15-7-9-17(10-8-15)20(23)24;1-3-5-7-10(4-2)8-6-9-11/h3-10,14,18-19,22H,1,11-13H2,2H3,(H3,23,24)(H,25,27);3-5,7H,2,6,8-9,11H2,1H3/b6-4-,16-5+,22-14?;5-3-,10-7+. The molecule has 1 aliphatic heterocycles. The summed E-state index contributed by atoms with van der Waals surface area (Å²) in [5, 5.41) is 18.0. The lowest BCUT2D eigenvalue weighted by Gasteiger charge is -2.20. The van der Waals surface area contributed by atoms with Gasteiger partial charge in [-0.15, -0.1) is 0 Å². The van der Waals surface area contributed by atoms with Gasteiger partial charge in [-0.3, -0.25) is 15.6 Å². The van der Waals surface area contributed by atoms with Crippen LogP contribution in [0.15, 0.2) is 97.2 Å². The molecule has 7 heteroatoms. The van der Waals surface area contributed by atoms with Gasteiger partial charge in [0.05, 0.1) is 6.34 Å². The Morgan fingerprint density at radius 3 is 2.42 bits per heavy atom. The van der Waals surface area contributed by atoms with E-state index < -0.39 is 0 Å². The average molecular weight is 517 g/mol. The van der Waals surface area contributed by atoms with E-state index in [0.717, 1.165) is 30.5 Å². The van der Waals surface area contributed by atoms with Gasteiger partial charge in [0.15, 0.2) is 0 Å². The summed E-state index contributed by atoms with van der Waals surface area (Å²) < 4.78 is 0. The molecule has 7 nitrogen and oxygen atoms in total. The Morgan fingerprint density at radius 1 is 1.18 bits per heavy atom.